The molecule has 0 heterocycles. The molecular weight excluding hydrogens is 276 g/mol. The van der Waals surface area contributed by atoms with Gasteiger partial charge in [0.25, 0.3) is 0 Å². The minimum absolute atomic E-state index is 1.02. The lowest BCUT2D eigenvalue weighted by molar-refractivity contribution is 0.368. The Morgan fingerprint density at radius 1 is 0.478 bits per heavy atom. The van der Waals surface area contributed by atoms with Gasteiger partial charge in [-0.1, -0.05) is 143 Å². The number of hydrogen-bond acceptors (Lipinski definition) is 0. The second-order valence-corrected chi connectivity index (χ2v) is 7.68. The van der Waals surface area contributed by atoms with E-state index in [1.54, 1.807) is 0 Å². The van der Waals surface area contributed by atoms with E-state index in [-0.39, 0.29) is 0 Å². The molecule has 1 radical (unpaired) electrons. The van der Waals surface area contributed by atoms with Crippen LogP contribution in [-0.2, 0) is 0 Å². The molecule has 0 nitrogen and oxygen atoms in total. The highest BCUT2D eigenvalue weighted by Gasteiger charge is 2.08. The fourth-order valence-electron chi connectivity index (χ4n) is 3.65. The van der Waals surface area contributed by atoms with Crippen molar-refractivity contribution in [1.82, 2.24) is 0 Å². The van der Waals surface area contributed by atoms with Gasteiger partial charge >= 0.3 is 0 Å². The SMILES string of the molecule is [CH2]CCCCC(CCCCCCCC)CCCCCCCCC. The Hall–Kier alpha value is 0. The Balaban J connectivity index is 3.64. The average Bonchev–Trinajstić information content (AvgIpc) is 2.56. The molecule has 0 bridgehead atoms. The van der Waals surface area contributed by atoms with E-state index in [2.05, 4.69) is 20.8 Å². The maximum absolute atomic E-state index is 4.00. The molecule has 1 atom stereocenters. The molecule has 0 aromatic heterocycles. The molecular formula is C23H47. The van der Waals surface area contributed by atoms with Crippen molar-refractivity contribution in [3.63, 3.8) is 0 Å². The van der Waals surface area contributed by atoms with Crippen LogP contribution in [0, 0.1) is 12.8 Å². The van der Waals surface area contributed by atoms with E-state index in [0.717, 1.165) is 12.3 Å². The van der Waals surface area contributed by atoms with E-state index in [9.17, 15) is 0 Å². The van der Waals surface area contributed by atoms with Gasteiger partial charge in [-0.2, -0.15) is 0 Å². The molecule has 0 saturated carbocycles. The lowest BCUT2D eigenvalue weighted by Crippen LogP contribution is -2.01. The zero-order chi connectivity index (χ0) is 17.0. The molecule has 0 N–H and O–H groups in total. The first-order chi connectivity index (χ1) is 11.3. The van der Waals surface area contributed by atoms with Crippen LogP contribution in [0.25, 0.3) is 0 Å². The molecule has 0 fully saturated rings. The highest BCUT2D eigenvalue weighted by molar-refractivity contribution is 4.62. The van der Waals surface area contributed by atoms with Crippen LogP contribution in [0.3, 0.4) is 0 Å². The van der Waals surface area contributed by atoms with Crippen molar-refractivity contribution in [2.75, 3.05) is 0 Å². The van der Waals surface area contributed by atoms with Crippen LogP contribution in [0.4, 0.5) is 0 Å². The van der Waals surface area contributed by atoms with Gasteiger partial charge in [-0.05, 0) is 5.92 Å². The lowest BCUT2D eigenvalue weighted by Gasteiger charge is -2.17. The molecule has 0 spiro atoms. The van der Waals surface area contributed by atoms with Crippen LogP contribution in [-0.4, -0.2) is 0 Å². The van der Waals surface area contributed by atoms with E-state index in [4.69, 9.17) is 0 Å². The average molecular weight is 324 g/mol. The standard InChI is InChI=1S/C23H47/c1-4-7-10-12-14-16-19-22-23(20-17-9-6-3)21-18-15-13-11-8-5-2/h23H,3-22H2,1-2H3. The molecule has 1 unspecified atom stereocenters. The third-order valence-corrected chi connectivity index (χ3v) is 5.29. The van der Waals surface area contributed by atoms with Crippen molar-refractivity contribution >= 4 is 0 Å². The van der Waals surface area contributed by atoms with E-state index in [1.165, 1.54) is 116 Å². The van der Waals surface area contributed by atoms with E-state index in [0.29, 0.717) is 0 Å². The van der Waals surface area contributed by atoms with Crippen molar-refractivity contribution in [3.8, 4) is 0 Å². The minimum Gasteiger partial charge on any atom is -0.0654 e. The summed E-state index contributed by atoms with van der Waals surface area (Å²) in [5.74, 6) is 1.02. The van der Waals surface area contributed by atoms with Crippen LogP contribution >= 0.6 is 0 Å². The summed E-state index contributed by atoms with van der Waals surface area (Å²) in [5.41, 5.74) is 0. The third kappa shape index (κ3) is 18.2. The first kappa shape index (κ1) is 23.0. The van der Waals surface area contributed by atoms with Gasteiger partial charge in [0.05, 0.1) is 0 Å². The van der Waals surface area contributed by atoms with Gasteiger partial charge in [-0.3, -0.25) is 0 Å². The fourth-order valence-corrected chi connectivity index (χ4v) is 3.65. The number of rotatable bonds is 19. The Bertz CT molecular complexity index is 196. The first-order valence-corrected chi connectivity index (χ1v) is 11.1. The normalized spacial score (nSPS) is 12.7. The largest absolute Gasteiger partial charge is 0.0654 e. The van der Waals surface area contributed by atoms with Gasteiger partial charge in [0.1, 0.15) is 0 Å². The minimum atomic E-state index is 1.02. The quantitative estimate of drug-likeness (QED) is 0.208. The highest BCUT2D eigenvalue weighted by Crippen LogP contribution is 2.24. The topological polar surface area (TPSA) is 0 Å². The van der Waals surface area contributed by atoms with Crippen LogP contribution in [0.1, 0.15) is 136 Å². The maximum Gasteiger partial charge on any atom is -0.0414 e. The van der Waals surface area contributed by atoms with Crippen molar-refractivity contribution in [2.45, 2.75) is 136 Å². The Morgan fingerprint density at radius 3 is 1.22 bits per heavy atom. The monoisotopic (exact) mass is 323 g/mol. The molecule has 0 aliphatic heterocycles. The van der Waals surface area contributed by atoms with E-state index < -0.39 is 0 Å². The predicted octanol–water partition coefficient (Wildman–Crippen LogP) is 8.89. The lowest BCUT2D eigenvalue weighted by atomic mass is 9.89. The van der Waals surface area contributed by atoms with Gasteiger partial charge in [-0.15, -0.1) is 0 Å². The molecule has 0 rings (SSSR count). The Kier molecular flexibility index (Phi) is 20.0. The van der Waals surface area contributed by atoms with E-state index in [1.807, 2.05) is 0 Å². The summed E-state index contributed by atoms with van der Waals surface area (Å²) in [7, 11) is 0. The molecule has 0 aromatic rings. The van der Waals surface area contributed by atoms with Gasteiger partial charge < -0.3 is 0 Å². The number of unbranched alkanes of at least 4 members (excludes halogenated alkanes) is 13. The fraction of sp³-hybridized carbons (Fsp3) is 0.957. The Morgan fingerprint density at radius 2 is 0.826 bits per heavy atom. The van der Waals surface area contributed by atoms with Crippen molar-refractivity contribution in [1.29, 1.82) is 0 Å². The third-order valence-electron chi connectivity index (χ3n) is 5.29. The molecule has 0 saturated heterocycles. The second-order valence-electron chi connectivity index (χ2n) is 7.68. The summed E-state index contributed by atoms with van der Waals surface area (Å²) in [6, 6.07) is 0. The Labute approximate surface area is 149 Å². The molecule has 23 heavy (non-hydrogen) atoms. The molecule has 0 aliphatic carbocycles. The predicted molar refractivity (Wildman–Crippen MR) is 108 cm³/mol. The highest BCUT2D eigenvalue weighted by atomic mass is 14.1. The molecule has 0 heteroatoms. The molecule has 139 valence electrons. The van der Waals surface area contributed by atoms with Gasteiger partial charge in [0.15, 0.2) is 0 Å². The number of hydrogen-bond donors (Lipinski definition) is 0. The maximum atomic E-state index is 4.00. The summed E-state index contributed by atoms with van der Waals surface area (Å²) in [6.07, 6.45) is 27.2. The smallest absolute Gasteiger partial charge is 0.0414 e. The summed E-state index contributed by atoms with van der Waals surface area (Å²) in [5, 5.41) is 0. The van der Waals surface area contributed by atoms with E-state index >= 15 is 0 Å². The molecule has 0 aliphatic rings. The summed E-state index contributed by atoms with van der Waals surface area (Å²) in [6.45, 7) is 8.61. The van der Waals surface area contributed by atoms with Gasteiger partial charge in [0.2, 0.25) is 0 Å². The van der Waals surface area contributed by atoms with Gasteiger partial charge in [-0.25, -0.2) is 0 Å². The van der Waals surface area contributed by atoms with Crippen LogP contribution in [0.5, 0.6) is 0 Å². The first-order valence-electron chi connectivity index (χ1n) is 11.1. The van der Waals surface area contributed by atoms with Crippen LogP contribution in [0.2, 0.25) is 0 Å². The van der Waals surface area contributed by atoms with Crippen molar-refractivity contribution < 1.29 is 0 Å². The van der Waals surface area contributed by atoms with Crippen LogP contribution in [0.15, 0.2) is 0 Å². The zero-order valence-corrected chi connectivity index (χ0v) is 16.7. The summed E-state index contributed by atoms with van der Waals surface area (Å²) < 4.78 is 0. The van der Waals surface area contributed by atoms with Crippen molar-refractivity contribution in [3.05, 3.63) is 6.92 Å². The molecule has 0 aromatic carbocycles. The van der Waals surface area contributed by atoms with Gasteiger partial charge in [0, 0.05) is 0 Å². The second kappa shape index (κ2) is 20.0. The molecule has 0 amide bonds. The summed E-state index contributed by atoms with van der Waals surface area (Å²) in [4.78, 5) is 0. The van der Waals surface area contributed by atoms with Crippen molar-refractivity contribution in [2.24, 2.45) is 5.92 Å². The van der Waals surface area contributed by atoms with Crippen LogP contribution < -0.4 is 0 Å². The summed E-state index contributed by atoms with van der Waals surface area (Å²) >= 11 is 0. The zero-order valence-electron chi connectivity index (χ0n) is 16.7.